The zero-order chi connectivity index (χ0) is 20.8. The second-order valence-electron chi connectivity index (χ2n) is 8.22. The predicted molar refractivity (Wildman–Crippen MR) is 116 cm³/mol. The number of anilines is 2. The average molecular weight is 413 g/mol. The molecule has 30 heavy (non-hydrogen) atoms. The topological polar surface area (TPSA) is 76.6 Å². The van der Waals surface area contributed by atoms with Crippen molar-refractivity contribution in [3.05, 3.63) is 36.1 Å². The van der Waals surface area contributed by atoms with Crippen LogP contribution in [0.1, 0.15) is 58.3 Å². The quantitative estimate of drug-likeness (QED) is 0.724. The molecule has 4 rings (SSSR count). The maximum Gasteiger partial charge on any atom is 0.228 e. The van der Waals surface area contributed by atoms with Crippen molar-refractivity contribution in [1.82, 2.24) is 9.97 Å². The smallest absolute Gasteiger partial charge is 0.228 e. The molecule has 7 heteroatoms. The Bertz CT molecular complexity index is 801. The van der Waals surface area contributed by atoms with Gasteiger partial charge < -0.3 is 19.7 Å². The van der Waals surface area contributed by atoms with Gasteiger partial charge in [-0.05, 0) is 45.1 Å². The van der Waals surface area contributed by atoms with Gasteiger partial charge in [0.05, 0.1) is 25.5 Å². The van der Waals surface area contributed by atoms with Crippen LogP contribution in [0.3, 0.4) is 0 Å². The number of nitrogens with one attached hydrogen (secondary N) is 1. The van der Waals surface area contributed by atoms with Gasteiger partial charge in [0.15, 0.2) is 11.6 Å². The number of carbonyl (C=O) groups excluding carboxylic acids is 1. The molecule has 2 fully saturated rings. The molecular formula is C23H32N4O3. The normalized spacial score (nSPS) is 22.3. The fraction of sp³-hybridized carbons (Fsp3) is 0.609. The van der Waals surface area contributed by atoms with Crippen molar-refractivity contribution in [2.24, 2.45) is 5.92 Å². The standard InChI is InChI=1S/C23H32N4O3/c1-2-29-19-11-5-6-12-20(19)30-18-10-7-13-27(16-18)22-15-24-14-21(25-22)26-23(28)17-8-3-4-9-17/h6,12,14-15,17-18H,2-5,7-11,13,16H2,1H3,(H,25,26,28). The SMILES string of the molecule is CCOC1=C(OC2CCCN(c3cncc(NC(=O)C4CCCC4)n3)C2)C=CCC1. The van der Waals surface area contributed by atoms with E-state index in [-0.39, 0.29) is 17.9 Å². The van der Waals surface area contributed by atoms with Gasteiger partial charge in [0.1, 0.15) is 17.7 Å². The molecule has 2 heterocycles. The van der Waals surface area contributed by atoms with Gasteiger partial charge in [-0.1, -0.05) is 18.9 Å². The van der Waals surface area contributed by atoms with Gasteiger partial charge in [0.25, 0.3) is 0 Å². The van der Waals surface area contributed by atoms with Crippen molar-refractivity contribution >= 4 is 17.5 Å². The molecule has 162 valence electrons. The van der Waals surface area contributed by atoms with Crippen LogP contribution < -0.4 is 10.2 Å². The summed E-state index contributed by atoms with van der Waals surface area (Å²) in [6.07, 6.45) is 15.8. The van der Waals surface area contributed by atoms with Gasteiger partial charge >= 0.3 is 0 Å². The molecule has 0 spiro atoms. The Kier molecular flexibility index (Phi) is 6.87. The van der Waals surface area contributed by atoms with Crippen molar-refractivity contribution in [2.75, 3.05) is 29.9 Å². The van der Waals surface area contributed by atoms with Crippen LogP contribution in [-0.4, -0.2) is 41.7 Å². The molecule has 7 nitrogen and oxygen atoms in total. The van der Waals surface area contributed by atoms with Crippen molar-refractivity contribution < 1.29 is 14.3 Å². The first-order valence-electron chi connectivity index (χ1n) is 11.3. The Hall–Kier alpha value is -2.57. The molecule has 3 aliphatic rings. The summed E-state index contributed by atoms with van der Waals surface area (Å²) in [7, 11) is 0. The highest BCUT2D eigenvalue weighted by molar-refractivity contribution is 5.91. The summed E-state index contributed by atoms with van der Waals surface area (Å²) in [5, 5.41) is 2.96. The molecule has 1 aromatic heterocycles. The number of nitrogens with zero attached hydrogens (tertiary/aromatic N) is 3. The minimum absolute atomic E-state index is 0.0679. The summed E-state index contributed by atoms with van der Waals surface area (Å²) < 4.78 is 12.1. The molecule has 1 aliphatic heterocycles. The monoisotopic (exact) mass is 412 g/mol. The third kappa shape index (κ3) is 5.12. The lowest BCUT2D eigenvalue weighted by atomic mass is 10.1. The molecule has 1 saturated carbocycles. The number of rotatable bonds is 7. The van der Waals surface area contributed by atoms with Crippen molar-refractivity contribution in [1.29, 1.82) is 0 Å². The molecule has 0 radical (unpaired) electrons. The van der Waals surface area contributed by atoms with Crippen LogP contribution in [-0.2, 0) is 14.3 Å². The summed E-state index contributed by atoms with van der Waals surface area (Å²) in [5.41, 5.74) is 0. The van der Waals surface area contributed by atoms with Gasteiger partial charge in [-0.25, -0.2) is 4.98 Å². The van der Waals surface area contributed by atoms with E-state index in [0.717, 1.165) is 81.8 Å². The highest BCUT2D eigenvalue weighted by Crippen LogP contribution is 2.28. The fourth-order valence-electron chi connectivity index (χ4n) is 4.45. The first-order valence-corrected chi connectivity index (χ1v) is 11.3. The fourth-order valence-corrected chi connectivity index (χ4v) is 4.45. The molecule has 1 atom stereocenters. The van der Waals surface area contributed by atoms with E-state index in [9.17, 15) is 4.79 Å². The van der Waals surface area contributed by atoms with E-state index in [1.165, 1.54) is 0 Å². The third-order valence-corrected chi connectivity index (χ3v) is 6.00. The van der Waals surface area contributed by atoms with Crippen LogP contribution in [0.25, 0.3) is 0 Å². The summed E-state index contributed by atoms with van der Waals surface area (Å²) in [4.78, 5) is 23.6. The lowest BCUT2D eigenvalue weighted by Crippen LogP contribution is -2.40. The van der Waals surface area contributed by atoms with Crippen LogP contribution in [0.4, 0.5) is 11.6 Å². The number of ether oxygens (including phenoxy) is 2. The number of carbonyl (C=O) groups is 1. The van der Waals surface area contributed by atoms with Crippen LogP contribution in [0.2, 0.25) is 0 Å². The Morgan fingerprint density at radius 2 is 2.10 bits per heavy atom. The zero-order valence-corrected chi connectivity index (χ0v) is 17.8. The first kappa shape index (κ1) is 20.7. The van der Waals surface area contributed by atoms with Crippen LogP contribution in [0.5, 0.6) is 0 Å². The highest BCUT2D eigenvalue weighted by Gasteiger charge is 2.26. The molecule has 2 aliphatic carbocycles. The zero-order valence-electron chi connectivity index (χ0n) is 17.8. The van der Waals surface area contributed by atoms with Gasteiger partial charge in [0, 0.05) is 18.9 Å². The molecule has 1 unspecified atom stereocenters. The van der Waals surface area contributed by atoms with Crippen LogP contribution in [0.15, 0.2) is 36.1 Å². The van der Waals surface area contributed by atoms with E-state index in [2.05, 4.69) is 26.3 Å². The number of piperidine rings is 1. The highest BCUT2D eigenvalue weighted by atomic mass is 16.5. The second-order valence-corrected chi connectivity index (χ2v) is 8.22. The molecular weight excluding hydrogens is 380 g/mol. The molecule has 1 N–H and O–H groups in total. The minimum atomic E-state index is 0.0679. The average Bonchev–Trinajstić information content (AvgIpc) is 3.31. The van der Waals surface area contributed by atoms with E-state index >= 15 is 0 Å². The van der Waals surface area contributed by atoms with Crippen molar-refractivity contribution in [3.8, 4) is 0 Å². The van der Waals surface area contributed by atoms with E-state index in [4.69, 9.17) is 9.47 Å². The molecule has 1 aromatic rings. The van der Waals surface area contributed by atoms with E-state index in [1.54, 1.807) is 12.4 Å². The number of hydrogen-bond donors (Lipinski definition) is 1. The second kappa shape index (κ2) is 9.96. The number of hydrogen-bond acceptors (Lipinski definition) is 6. The van der Waals surface area contributed by atoms with Gasteiger partial charge in [-0.2, -0.15) is 0 Å². The lowest BCUT2D eigenvalue weighted by molar-refractivity contribution is -0.119. The minimum Gasteiger partial charge on any atom is -0.494 e. The number of allylic oxidation sites excluding steroid dienone is 3. The largest absolute Gasteiger partial charge is 0.494 e. The van der Waals surface area contributed by atoms with Crippen molar-refractivity contribution in [2.45, 2.75) is 64.4 Å². The van der Waals surface area contributed by atoms with E-state index < -0.39 is 0 Å². The Morgan fingerprint density at radius 3 is 2.93 bits per heavy atom. The first-order chi connectivity index (χ1) is 14.7. The Labute approximate surface area is 178 Å². The molecule has 1 saturated heterocycles. The predicted octanol–water partition coefficient (Wildman–Crippen LogP) is 4.19. The summed E-state index contributed by atoms with van der Waals surface area (Å²) in [5.74, 6) is 3.31. The van der Waals surface area contributed by atoms with E-state index in [0.29, 0.717) is 12.4 Å². The van der Waals surface area contributed by atoms with Gasteiger partial charge in [-0.3, -0.25) is 9.78 Å². The maximum absolute atomic E-state index is 12.4. The molecule has 0 aromatic carbocycles. The summed E-state index contributed by atoms with van der Waals surface area (Å²) in [6, 6.07) is 0. The van der Waals surface area contributed by atoms with Crippen molar-refractivity contribution in [3.63, 3.8) is 0 Å². The Balaban J connectivity index is 1.39. The summed E-state index contributed by atoms with van der Waals surface area (Å²) in [6.45, 7) is 4.30. The molecule has 1 amide bonds. The number of aromatic nitrogens is 2. The van der Waals surface area contributed by atoms with Crippen LogP contribution >= 0.6 is 0 Å². The summed E-state index contributed by atoms with van der Waals surface area (Å²) >= 11 is 0. The molecule has 0 bridgehead atoms. The Morgan fingerprint density at radius 1 is 1.23 bits per heavy atom. The maximum atomic E-state index is 12.4. The van der Waals surface area contributed by atoms with E-state index in [1.807, 2.05) is 13.0 Å². The number of amides is 1. The van der Waals surface area contributed by atoms with Crippen LogP contribution in [0, 0.1) is 5.92 Å². The van der Waals surface area contributed by atoms with Gasteiger partial charge in [-0.15, -0.1) is 0 Å². The van der Waals surface area contributed by atoms with Gasteiger partial charge in [0.2, 0.25) is 5.91 Å². The third-order valence-electron chi connectivity index (χ3n) is 6.00. The lowest BCUT2D eigenvalue weighted by Gasteiger charge is -2.34.